The van der Waals surface area contributed by atoms with Gasteiger partial charge >= 0.3 is 7.75 Å². The van der Waals surface area contributed by atoms with Crippen molar-refractivity contribution in [3.8, 4) is 5.75 Å². The molecule has 0 saturated carbocycles. The number of nitrogens with zero attached hydrogens (tertiary/aromatic N) is 1. The minimum absolute atomic E-state index is 0.113. The van der Waals surface area contributed by atoms with Crippen LogP contribution in [0.1, 0.15) is 20.3 Å². The lowest BCUT2D eigenvalue weighted by Crippen LogP contribution is -2.28. The summed E-state index contributed by atoms with van der Waals surface area (Å²) in [7, 11) is 0.801. The number of likely N-dealkylation sites (N-methyl/N-ethyl adjacent to an activating group) is 1. The molecule has 0 aliphatic carbocycles. The van der Waals surface area contributed by atoms with Gasteiger partial charge in [-0.05, 0) is 32.4 Å². The second-order valence-electron chi connectivity index (χ2n) is 6.93. The van der Waals surface area contributed by atoms with E-state index in [1.807, 2.05) is 13.8 Å². The minimum Gasteiger partial charge on any atom is -0.413 e. The summed E-state index contributed by atoms with van der Waals surface area (Å²) in [5.41, 5.74) is 0. The number of amides is 2. The number of nitrogens with one attached hydrogen (secondary N) is 2. The Hall–Kier alpha value is -2.56. The third kappa shape index (κ3) is 15.3. The van der Waals surface area contributed by atoms with Crippen LogP contribution in [0.2, 0.25) is 0 Å². The molecule has 1 unspecified atom stereocenters. The summed E-state index contributed by atoms with van der Waals surface area (Å²) < 4.78 is 33.7. The molecule has 0 heterocycles. The maximum atomic E-state index is 12.9. The van der Waals surface area contributed by atoms with Crippen LogP contribution in [0.3, 0.4) is 0 Å². The molecule has 1 aromatic rings. The topological polar surface area (TPSA) is 132 Å². The fourth-order valence-corrected chi connectivity index (χ4v) is 3.29. The minimum atomic E-state index is -3.82. The molecular formula is C22H36N3O8P. The van der Waals surface area contributed by atoms with Gasteiger partial charge in [0.2, 0.25) is 12.3 Å². The summed E-state index contributed by atoms with van der Waals surface area (Å²) in [6, 6.07) is 8.39. The number of aldehydes is 1. The summed E-state index contributed by atoms with van der Waals surface area (Å²) >= 11 is 0. The van der Waals surface area contributed by atoms with Crippen molar-refractivity contribution >= 4 is 26.3 Å². The summed E-state index contributed by atoms with van der Waals surface area (Å²) in [6.07, 6.45) is 3.88. The Kier molecular flexibility index (Phi) is 17.4. The SMILES string of the molecule is CNC(=O)/C=C\N(C=O)CCC(CO[P@@](=O)(NCC=O)Oc1ccccc1)OC.COC(C)C. The second-order valence-corrected chi connectivity index (χ2v) is 8.68. The van der Waals surface area contributed by atoms with Gasteiger partial charge in [-0.3, -0.25) is 14.1 Å². The highest BCUT2D eigenvalue weighted by atomic mass is 31.2. The van der Waals surface area contributed by atoms with Crippen LogP contribution in [0, 0.1) is 0 Å². The first-order valence-corrected chi connectivity index (χ1v) is 12.1. The number of hydrogen-bond acceptors (Lipinski definition) is 8. The zero-order chi connectivity index (χ0) is 25.8. The van der Waals surface area contributed by atoms with E-state index < -0.39 is 13.9 Å². The summed E-state index contributed by atoms with van der Waals surface area (Å²) in [5.74, 6) is -0.0293. The van der Waals surface area contributed by atoms with Gasteiger partial charge in [0.15, 0.2) is 0 Å². The van der Waals surface area contributed by atoms with Crippen LogP contribution in [-0.2, 0) is 32.9 Å². The fourth-order valence-electron chi connectivity index (χ4n) is 2.03. The number of carbonyl (C=O) groups excluding carboxylic acids is 3. The van der Waals surface area contributed by atoms with Crippen molar-refractivity contribution in [3.63, 3.8) is 0 Å². The monoisotopic (exact) mass is 501 g/mol. The average Bonchev–Trinajstić information content (AvgIpc) is 2.85. The molecule has 0 fully saturated rings. The van der Waals surface area contributed by atoms with Crippen molar-refractivity contribution in [1.29, 1.82) is 0 Å². The normalized spacial score (nSPS) is 13.4. The third-order valence-corrected chi connectivity index (χ3v) is 5.59. The molecule has 1 rings (SSSR count). The molecule has 1 aromatic carbocycles. The van der Waals surface area contributed by atoms with E-state index in [4.69, 9.17) is 18.5 Å². The first-order valence-electron chi connectivity index (χ1n) is 10.6. The molecule has 0 radical (unpaired) electrons. The van der Waals surface area contributed by atoms with E-state index in [1.165, 1.54) is 31.3 Å². The zero-order valence-corrected chi connectivity index (χ0v) is 21.2. The molecule has 2 amide bonds. The largest absolute Gasteiger partial charge is 0.459 e. The number of carbonyl (C=O) groups is 3. The van der Waals surface area contributed by atoms with E-state index in [-0.39, 0.29) is 25.6 Å². The van der Waals surface area contributed by atoms with Crippen molar-refractivity contribution in [3.05, 3.63) is 42.6 Å². The summed E-state index contributed by atoms with van der Waals surface area (Å²) in [5, 5.41) is 4.86. The predicted molar refractivity (Wildman–Crippen MR) is 128 cm³/mol. The molecule has 0 aliphatic rings. The molecule has 0 bridgehead atoms. The highest BCUT2D eigenvalue weighted by Crippen LogP contribution is 2.44. The number of rotatable bonds is 16. The Morgan fingerprint density at radius 2 is 1.79 bits per heavy atom. The van der Waals surface area contributed by atoms with Crippen LogP contribution in [-0.4, -0.2) is 76.7 Å². The smallest absolute Gasteiger partial charge is 0.413 e. The Morgan fingerprint density at radius 3 is 2.29 bits per heavy atom. The molecule has 0 aromatic heterocycles. The van der Waals surface area contributed by atoms with E-state index >= 15 is 0 Å². The number of para-hydroxylation sites is 1. The predicted octanol–water partition coefficient (Wildman–Crippen LogP) is 2.14. The zero-order valence-electron chi connectivity index (χ0n) is 20.3. The molecule has 11 nitrogen and oxygen atoms in total. The number of benzene rings is 1. The molecule has 34 heavy (non-hydrogen) atoms. The molecule has 0 aliphatic heterocycles. The maximum absolute atomic E-state index is 12.9. The van der Waals surface area contributed by atoms with Gasteiger partial charge < -0.3 is 29.0 Å². The van der Waals surface area contributed by atoms with E-state index in [1.54, 1.807) is 37.4 Å². The van der Waals surface area contributed by atoms with Crippen LogP contribution in [0.15, 0.2) is 42.6 Å². The van der Waals surface area contributed by atoms with Gasteiger partial charge in [0.25, 0.3) is 0 Å². The van der Waals surface area contributed by atoms with E-state index in [0.717, 1.165) is 0 Å². The van der Waals surface area contributed by atoms with Crippen molar-refractivity contribution in [2.75, 3.05) is 41.0 Å². The van der Waals surface area contributed by atoms with E-state index in [2.05, 4.69) is 10.4 Å². The van der Waals surface area contributed by atoms with Crippen molar-refractivity contribution in [2.24, 2.45) is 0 Å². The standard InChI is InChI=1S/C18H26N3O7P.C4H10O/c1-19-18(24)9-12-21(15-23)11-8-17(26-2)14-27-29(25,20-10-13-22)28-16-6-4-3-5-7-16;1-4(2)5-3/h3-7,9,12-13,15,17H,8,10-11,14H2,1-2H3,(H,19,24)(H,20,25);4H,1-3H3/b12-9-;/t17?,29-;/m0./s1. The second kappa shape index (κ2) is 18.8. The van der Waals surface area contributed by atoms with Crippen LogP contribution in [0.4, 0.5) is 0 Å². The lowest BCUT2D eigenvalue weighted by atomic mass is 10.2. The van der Waals surface area contributed by atoms with Gasteiger partial charge in [0.05, 0.1) is 25.4 Å². The number of methoxy groups -OCH3 is 2. The Morgan fingerprint density at radius 1 is 1.15 bits per heavy atom. The van der Waals surface area contributed by atoms with Crippen molar-refractivity contribution in [1.82, 2.24) is 15.3 Å². The van der Waals surface area contributed by atoms with Gasteiger partial charge in [-0.1, -0.05) is 18.2 Å². The highest BCUT2D eigenvalue weighted by molar-refractivity contribution is 7.52. The lowest BCUT2D eigenvalue weighted by Gasteiger charge is -2.23. The van der Waals surface area contributed by atoms with E-state index in [9.17, 15) is 18.9 Å². The molecule has 0 saturated heterocycles. The Balaban J connectivity index is 0.00000196. The third-order valence-electron chi connectivity index (χ3n) is 4.08. The van der Waals surface area contributed by atoms with Crippen LogP contribution in [0.25, 0.3) is 0 Å². The summed E-state index contributed by atoms with van der Waals surface area (Å²) in [6.45, 7) is 3.91. The van der Waals surface area contributed by atoms with Gasteiger partial charge in [0, 0.05) is 40.1 Å². The molecule has 0 spiro atoms. The van der Waals surface area contributed by atoms with Crippen LogP contribution >= 0.6 is 7.75 Å². The number of hydrogen-bond donors (Lipinski definition) is 2. The number of ether oxygens (including phenoxy) is 2. The summed E-state index contributed by atoms with van der Waals surface area (Å²) in [4.78, 5) is 34.2. The highest BCUT2D eigenvalue weighted by Gasteiger charge is 2.27. The van der Waals surface area contributed by atoms with Crippen molar-refractivity contribution < 1.29 is 37.5 Å². The van der Waals surface area contributed by atoms with Gasteiger partial charge in [-0.25, -0.2) is 9.65 Å². The molecule has 2 N–H and O–H groups in total. The fraction of sp³-hybridized carbons (Fsp3) is 0.500. The first kappa shape index (κ1) is 31.4. The molecular weight excluding hydrogens is 465 g/mol. The van der Waals surface area contributed by atoms with Crippen molar-refractivity contribution in [2.45, 2.75) is 32.5 Å². The first-order chi connectivity index (χ1) is 16.2. The molecule has 192 valence electrons. The lowest BCUT2D eigenvalue weighted by molar-refractivity contribution is -0.116. The van der Waals surface area contributed by atoms with Gasteiger partial charge in [-0.15, -0.1) is 0 Å². The van der Waals surface area contributed by atoms with Gasteiger partial charge in [-0.2, -0.15) is 0 Å². The Labute approximate surface area is 201 Å². The average molecular weight is 502 g/mol. The molecule has 2 atom stereocenters. The van der Waals surface area contributed by atoms with Crippen LogP contribution < -0.4 is 14.9 Å². The van der Waals surface area contributed by atoms with E-state index in [0.29, 0.717) is 31.0 Å². The van der Waals surface area contributed by atoms with Gasteiger partial charge in [0.1, 0.15) is 12.0 Å². The molecule has 12 heteroatoms. The van der Waals surface area contributed by atoms with Crippen LogP contribution in [0.5, 0.6) is 5.75 Å². The maximum Gasteiger partial charge on any atom is 0.459 e. The Bertz CT molecular complexity index is 777. The quantitative estimate of drug-likeness (QED) is 0.199.